The lowest BCUT2D eigenvalue weighted by Crippen LogP contribution is -3.06. The predicted octanol–water partition coefficient (Wildman–Crippen LogP) is 4.14. The highest BCUT2D eigenvalue weighted by molar-refractivity contribution is 6.11. The van der Waals surface area contributed by atoms with E-state index in [1.165, 1.54) is 43.5 Å². The largest absolute Gasteiger partial charge is 0.621 e. The maximum absolute atomic E-state index is 13.1. The molecule has 1 aliphatic rings. The van der Waals surface area contributed by atoms with Gasteiger partial charge in [0.15, 0.2) is 16.9 Å². The van der Waals surface area contributed by atoms with Crippen molar-refractivity contribution in [3.05, 3.63) is 84.0 Å². The number of hydrogen-bond donors (Lipinski definition) is 2. The summed E-state index contributed by atoms with van der Waals surface area (Å²) in [6.45, 7) is 0. The molecule has 38 heavy (non-hydrogen) atoms. The number of pyridine rings is 1. The molecular weight excluding hydrogens is 493 g/mol. The molecule has 10 heteroatoms. The van der Waals surface area contributed by atoms with Crippen LogP contribution in [0, 0.1) is 16.4 Å². The van der Waals surface area contributed by atoms with E-state index in [0.29, 0.717) is 39.6 Å². The van der Waals surface area contributed by atoms with Gasteiger partial charge in [0.1, 0.15) is 23.0 Å². The summed E-state index contributed by atoms with van der Waals surface area (Å²) in [4.78, 5) is 30.2. The number of hydrogen-bond acceptors (Lipinski definition) is 7. The fraction of sp³-hybridized carbons (Fsp3) is 0.179. The molecule has 0 radical (unpaired) electrons. The first kappa shape index (κ1) is 25.1. The Morgan fingerprint density at radius 3 is 2.24 bits per heavy atom. The van der Waals surface area contributed by atoms with Crippen molar-refractivity contribution in [3.63, 3.8) is 0 Å². The number of aromatic nitrogens is 1. The van der Waals surface area contributed by atoms with Crippen LogP contribution < -0.4 is 24.6 Å². The van der Waals surface area contributed by atoms with Crippen LogP contribution in [0.15, 0.2) is 72.9 Å². The first-order chi connectivity index (χ1) is 18.3. The Bertz CT molecular complexity index is 1500. The van der Waals surface area contributed by atoms with Gasteiger partial charge in [0, 0.05) is 35.5 Å². The van der Waals surface area contributed by atoms with E-state index >= 15 is 0 Å². The Balaban J connectivity index is 1.31. The molecule has 2 amide bonds. The van der Waals surface area contributed by atoms with E-state index < -0.39 is 28.1 Å². The van der Waals surface area contributed by atoms with Crippen LogP contribution in [0.2, 0.25) is 0 Å². The molecule has 1 heterocycles. The summed E-state index contributed by atoms with van der Waals surface area (Å²) in [5.41, 5.74) is -0.263. The number of nitrogens with zero attached hydrogens (tertiary/aromatic N) is 1. The van der Waals surface area contributed by atoms with Crippen molar-refractivity contribution in [2.24, 2.45) is 5.41 Å². The zero-order valence-electron chi connectivity index (χ0n) is 20.6. The van der Waals surface area contributed by atoms with Crippen LogP contribution in [0.4, 0.5) is 15.8 Å². The standard InChI is InChI=1S/C28H24FN3O6/c1-36-24-15-21-22(16-25(24)37-2)30-14-11-23(21)38-20-9-7-19(8-10-20)32(35)27(34)28(12-13-28)26(33)31-18-5-3-17(29)4-6-18/h3-11,14-16,32H,12-13H2,1-2H3,(H,31,33). The normalized spacial score (nSPS) is 14.4. The Morgan fingerprint density at radius 2 is 1.61 bits per heavy atom. The number of quaternary nitrogens is 1. The molecule has 1 unspecified atom stereocenters. The number of ether oxygens (including phenoxy) is 3. The molecule has 4 aromatic rings. The summed E-state index contributed by atoms with van der Waals surface area (Å²) in [6.07, 6.45) is 2.15. The van der Waals surface area contributed by atoms with Crippen molar-refractivity contribution < 1.29 is 33.3 Å². The zero-order chi connectivity index (χ0) is 26.9. The predicted molar refractivity (Wildman–Crippen MR) is 137 cm³/mol. The lowest BCUT2D eigenvalue weighted by molar-refractivity contribution is -0.691. The van der Waals surface area contributed by atoms with Crippen LogP contribution in [-0.2, 0) is 9.59 Å². The lowest BCUT2D eigenvalue weighted by atomic mass is 10.0. The number of rotatable bonds is 8. The average molecular weight is 518 g/mol. The highest BCUT2D eigenvalue weighted by Crippen LogP contribution is 2.46. The van der Waals surface area contributed by atoms with Gasteiger partial charge >= 0.3 is 5.91 Å². The van der Waals surface area contributed by atoms with Crippen molar-refractivity contribution in [2.45, 2.75) is 12.8 Å². The van der Waals surface area contributed by atoms with Gasteiger partial charge in [-0.3, -0.25) is 14.8 Å². The quantitative estimate of drug-likeness (QED) is 0.267. The van der Waals surface area contributed by atoms with E-state index in [4.69, 9.17) is 14.2 Å². The van der Waals surface area contributed by atoms with Crippen LogP contribution in [0.25, 0.3) is 10.9 Å². The number of amides is 2. The molecule has 9 nitrogen and oxygen atoms in total. The van der Waals surface area contributed by atoms with E-state index in [1.807, 2.05) is 0 Å². The third-order valence-corrected chi connectivity index (χ3v) is 6.48. The molecule has 2 N–H and O–H groups in total. The maximum Gasteiger partial charge on any atom is 0.332 e. The molecule has 1 atom stereocenters. The fourth-order valence-electron chi connectivity index (χ4n) is 4.15. The van der Waals surface area contributed by atoms with Crippen LogP contribution in [0.3, 0.4) is 0 Å². The number of anilines is 1. The lowest BCUT2D eigenvalue weighted by Gasteiger charge is -2.24. The zero-order valence-corrected chi connectivity index (χ0v) is 20.6. The van der Waals surface area contributed by atoms with Crippen LogP contribution in [-0.4, -0.2) is 31.0 Å². The number of halogens is 1. The van der Waals surface area contributed by atoms with Gasteiger partial charge in [-0.05, 0) is 61.4 Å². The highest BCUT2D eigenvalue weighted by Gasteiger charge is 2.60. The van der Waals surface area contributed by atoms with Gasteiger partial charge in [0.25, 0.3) is 0 Å². The van der Waals surface area contributed by atoms with Crippen molar-refractivity contribution >= 4 is 34.1 Å². The SMILES string of the molecule is COc1cc2nccc(Oc3ccc([NH+]([O-])C(=O)C4(C(=O)Nc5ccc(F)cc5)CC4)cc3)c2cc1OC. The van der Waals surface area contributed by atoms with Gasteiger partial charge in [-0.1, -0.05) is 0 Å². The van der Waals surface area contributed by atoms with Gasteiger partial charge in [-0.25, -0.2) is 9.18 Å². The van der Waals surface area contributed by atoms with E-state index in [0.717, 1.165) is 0 Å². The number of hydroxylamine groups is 1. The molecule has 1 fully saturated rings. The minimum Gasteiger partial charge on any atom is -0.621 e. The maximum atomic E-state index is 13.1. The minimum atomic E-state index is -1.41. The molecule has 1 aliphatic carbocycles. The Kier molecular flexibility index (Phi) is 6.66. The van der Waals surface area contributed by atoms with Gasteiger partial charge in [-0.2, -0.15) is 0 Å². The molecule has 1 saturated carbocycles. The topological polar surface area (TPSA) is 114 Å². The van der Waals surface area contributed by atoms with Gasteiger partial charge in [0.05, 0.1) is 19.7 Å². The van der Waals surface area contributed by atoms with E-state index in [-0.39, 0.29) is 18.5 Å². The summed E-state index contributed by atoms with van der Waals surface area (Å²) < 4.78 is 29.9. The summed E-state index contributed by atoms with van der Waals surface area (Å²) in [6, 6.07) is 16.5. The number of fused-ring (bicyclic) bond motifs is 1. The Hall–Kier alpha value is -4.54. The summed E-state index contributed by atoms with van der Waals surface area (Å²) in [5, 5.41) is 15.5. The first-order valence-electron chi connectivity index (χ1n) is 11.8. The molecule has 0 spiro atoms. The summed E-state index contributed by atoms with van der Waals surface area (Å²) in [5.74, 6) is 0.226. The number of carbonyl (C=O) groups excluding carboxylic acids is 2. The van der Waals surface area contributed by atoms with Crippen molar-refractivity contribution in [1.29, 1.82) is 0 Å². The second-order valence-electron chi connectivity index (χ2n) is 8.86. The number of carbonyl (C=O) groups is 2. The number of nitrogens with one attached hydrogen (secondary N) is 2. The molecular formula is C28H24FN3O6. The number of methoxy groups -OCH3 is 2. The highest BCUT2D eigenvalue weighted by atomic mass is 19.1. The monoisotopic (exact) mass is 517 g/mol. The van der Waals surface area contributed by atoms with Crippen LogP contribution in [0.5, 0.6) is 23.0 Å². The van der Waals surface area contributed by atoms with Crippen molar-refractivity contribution in [1.82, 2.24) is 4.98 Å². The summed E-state index contributed by atoms with van der Waals surface area (Å²) >= 11 is 0. The average Bonchev–Trinajstić information content (AvgIpc) is 3.75. The molecule has 194 valence electrons. The molecule has 3 aromatic carbocycles. The van der Waals surface area contributed by atoms with Crippen LogP contribution >= 0.6 is 0 Å². The number of benzene rings is 3. The second kappa shape index (κ2) is 10.1. The fourth-order valence-corrected chi connectivity index (χ4v) is 4.15. The molecule has 0 aliphatic heterocycles. The van der Waals surface area contributed by atoms with Gasteiger partial charge in [0.2, 0.25) is 5.91 Å². The Labute approximate surface area is 217 Å². The van der Waals surface area contributed by atoms with E-state index in [9.17, 15) is 19.2 Å². The second-order valence-corrected chi connectivity index (χ2v) is 8.86. The Morgan fingerprint density at radius 1 is 0.947 bits per heavy atom. The third kappa shape index (κ3) is 4.74. The first-order valence-corrected chi connectivity index (χ1v) is 11.8. The molecule has 0 bridgehead atoms. The smallest absolute Gasteiger partial charge is 0.332 e. The molecule has 0 saturated heterocycles. The van der Waals surface area contributed by atoms with E-state index in [1.54, 1.807) is 43.6 Å². The van der Waals surface area contributed by atoms with E-state index in [2.05, 4.69) is 10.3 Å². The molecule has 5 rings (SSSR count). The minimum absolute atomic E-state index is 0.147. The van der Waals surface area contributed by atoms with Crippen LogP contribution in [0.1, 0.15) is 12.8 Å². The third-order valence-electron chi connectivity index (χ3n) is 6.48. The molecule has 1 aromatic heterocycles. The van der Waals surface area contributed by atoms with Crippen molar-refractivity contribution in [3.8, 4) is 23.0 Å². The van der Waals surface area contributed by atoms with Gasteiger partial charge in [-0.15, -0.1) is 0 Å². The summed E-state index contributed by atoms with van der Waals surface area (Å²) in [7, 11) is 3.08. The van der Waals surface area contributed by atoms with Crippen molar-refractivity contribution in [2.75, 3.05) is 19.5 Å². The van der Waals surface area contributed by atoms with Gasteiger partial charge < -0.3 is 24.7 Å².